The molecule has 0 heterocycles. The highest BCUT2D eigenvalue weighted by Crippen LogP contribution is 2.40. The van der Waals surface area contributed by atoms with Crippen molar-refractivity contribution in [2.24, 2.45) is 11.3 Å². The number of hydrogen-bond acceptors (Lipinski definition) is 3. The van der Waals surface area contributed by atoms with Crippen molar-refractivity contribution in [2.45, 2.75) is 58.6 Å². The van der Waals surface area contributed by atoms with Crippen molar-refractivity contribution in [3.8, 4) is 0 Å². The Hall–Kier alpha value is -0.120. The molecule has 108 valence electrons. The zero-order chi connectivity index (χ0) is 13.8. The number of methoxy groups -OCH3 is 1. The van der Waals surface area contributed by atoms with Crippen LogP contribution in [0, 0.1) is 11.3 Å². The summed E-state index contributed by atoms with van der Waals surface area (Å²) < 4.78 is 5.12. The van der Waals surface area contributed by atoms with Gasteiger partial charge in [-0.05, 0) is 44.1 Å². The Kier molecular flexibility index (Phi) is 6.09. The topological polar surface area (TPSA) is 32.7 Å². The van der Waals surface area contributed by atoms with Crippen LogP contribution in [-0.4, -0.2) is 49.5 Å². The molecule has 3 heteroatoms. The molecule has 0 bridgehead atoms. The fraction of sp³-hybridized carbons (Fsp3) is 1.00. The van der Waals surface area contributed by atoms with Crippen molar-refractivity contribution in [1.82, 2.24) is 4.90 Å². The fourth-order valence-electron chi connectivity index (χ4n) is 3.25. The van der Waals surface area contributed by atoms with Crippen LogP contribution >= 0.6 is 0 Å². The second-order valence-corrected chi connectivity index (χ2v) is 6.83. The second kappa shape index (κ2) is 6.88. The van der Waals surface area contributed by atoms with Gasteiger partial charge in [-0.15, -0.1) is 0 Å². The Bertz CT molecular complexity index is 237. The highest BCUT2D eigenvalue weighted by atomic mass is 16.5. The number of aliphatic hydroxyl groups excluding tert-OH is 1. The van der Waals surface area contributed by atoms with Crippen LogP contribution in [0.4, 0.5) is 0 Å². The number of rotatable bonds is 5. The SMILES string of the molecule is COCCCN(C)C1CC(O)CCC1C(C)(C)C. The van der Waals surface area contributed by atoms with Crippen molar-refractivity contribution in [3.63, 3.8) is 0 Å². The number of aliphatic hydroxyl groups is 1. The van der Waals surface area contributed by atoms with E-state index in [9.17, 15) is 5.11 Å². The Morgan fingerprint density at radius 2 is 1.94 bits per heavy atom. The lowest BCUT2D eigenvalue weighted by Gasteiger charge is -2.46. The van der Waals surface area contributed by atoms with Gasteiger partial charge in [0.1, 0.15) is 0 Å². The summed E-state index contributed by atoms with van der Waals surface area (Å²) in [6, 6.07) is 0.505. The lowest BCUT2D eigenvalue weighted by molar-refractivity contribution is -0.00409. The standard InChI is InChI=1S/C15H31NO2/c1-15(2,3)13-8-7-12(17)11-14(13)16(4)9-6-10-18-5/h12-14,17H,6-11H2,1-5H3. The molecule has 3 nitrogen and oxygen atoms in total. The Morgan fingerprint density at radius 3 is 2.50 bits per heavy atom. The summed E-state index contributed by atoms with van der Waals surface area (Å²) in [7, 11) is 3.94. The molecule has 1 aliphatic rings. The molecule has 3 unspecified atom stereocenters. The van der Waals surface area contributed by atoms with Crippen molar-refractivity contribution < 1.29 is 9.84 Å². The van der Waals surface area contributed by atoms with Gasteiger partial charge in [-0.1, -0.05) is 20.8 Å². The van der Waals surface area contributed by atoms with Crippen LogP contribution < -0.4 is 0 Å². The van der Waals surface area contributed by atoms with Crippen molar-refractivity contribution in [1.29, 1.82) is 0 Å². The van der Waals surface area contributed by atoms with Gasteiger partial charge in [-0.2, -0.15) is 0 Å². The first-order valence-corrected chi connectivity index (χ1v) is 7.23. The van der Waals surface area contributed by atoms with E-state index in [4.69, 9.17) is 4.74 Å². The number of hydrogen-bond donors (Lipinski definition) is 1. The maximum Gasteiger partial charge on any atom is 0.0555 e. The van der Waals surface area contributed by atoms with Gasteiger partial charge >= 0.3 is 0 Å². The van der Waals surface area contributed by atoms with Crippen LogP contribution in [0.2, 0.25) is 0 Å². The van der Waals surface area contributed by atoms with Gasteiger partial charge in [0.15, 0.2) is 0 Å². The minimum Gasteiger partial charge on any atom is -0.393 e. The molecule has 1 aliphatic carbocycles. The monoisotopic (exact) mass is 257 g/mol. The third kappa shape index (κ3) is 4.52. The lowest BCUT2D eigenvalue weighted by Crippen LogP contribution is -2.48. The predicted molar refractivity (Wildman–Crippen MR) is 75.7 cm³/mol. The highest BCUT2D eigenvalue weighted by Gasteiger charge is 2.38. The molecule has 0 spiro atoms. The summed E-state index contributed by atoms with van der Waals surface area (Å²) in [5, 5.41) is 9.93. The predicted octanol–water partition coefficient (Wildman–Crippen LogP) is 2.53. The summed E-state index contributed by atoms with van der Waals surface area (Å²) in [6.07, 6.45) is 3.98. The quantitative estimate of drug-likeness (QED) is 0.768. The average Bonchev–Trinajstić information content (AvgIpc) is 2.27. The third-order valence-electron chi connectivity index (χ3n) is 4.33. The minimum atomic E-state index is -0.113. The molecular formula is C15H31NO2. The number of nitrogens with zero attached hydrogens (tertiary/aromatic N) is 1. The molecule has 0 aromatic carbocycles. The van der Waals surface area contributed by atoms with E-state index in [1.807, 2.05) is 0 Å². The summed E-state index contributed by atoms with van der Waals surface area (Å²) in [5.41, 5.74) is 0.320. The molecule has 1 fully saturated rings. The van der Waals surface area contributed by atoms with Crippen molar-refractivity contribution in [3.05, 3.63) is 0 Å². The Labute approximate surface area is 113 Å². The van der Waals surface area contributed by atoms with Gasteiger partial charge in [-0.25, -0.2) is 0 Å². The summed E-state index contributed by atoms with van der Waals surface area (Å²) in [4.78, 5) is 2.43. The molecule has 1 N–H and O–H groups in total. The summed E-state index contributed by atoms with van der Waals surface area (Å²) >= 11 is 0. The van der Waals surface area contributed by atoms with Gasteiger partial charge in [0.2, 0.25) is 0 Å². The van der Waals surface area contributed by atoms with Crippen LogP contribution in [0.5, 0.6) is 0 Å². The maximum atomic E-state index is 9.93. The highest BCUT2D eigenvalue weighted by molar-refractivity contribution is 4.91. The van der Waals surface area contributed by atoms with Crippen LogP contribution in [0.3, 0.4) is 0 Å². The molecule has 0 aromatic rings. The molecule has 0 saturated heterocycles. The molecular weight excluding hydrogens is 226 g/mol. The summed E-state index contributed by atoms with van der Waals surface area (Å²) in [6.45, 7) is 8.85. The molecule has 0 amide bonds. The first kappa shape index (κ1) is 15.9. The van der Waals surface area contributed by atoms with E-state index in [0.29, 0.717) is 17.4 Å². The number of ether oxygens (including phenoxy) is 1. The lowest BCUT2D eigenvalue weighted by atomic mass is 9.68. The zero-order valence-corrected chi connectivity index (χ0v) is 12.8. The van der Waals surface area contributed by atoms with Crippen LogP contribution in [-0.2, 0) is 4.74 Å². The first-order chi connectivity index (χ1) is 8.36. The van der Waals surface area contributed by atoms with Gasteiger partial charge in [-0.3, -0.25) is 0 Å². The maximum absolute atomic E-state index is 9.93. The van der Waals surface area contributed by atoms with Gasteiger partial charge in [0.05, 0.1) is 6.10 Å². The van der Waals surface area contributed by atoms with Crippen molar-refractivity contribution in [2.75, 3.05) is 27.3 Å². The average molecular weight is 257 g/mol. The molecule has 3 atom stereocenters. The third-order valence-corrected chi connectivity index (χ3v) is 4.33. The van der Waals surface area contributed by atoms with Crippen molar-refractivity contribution >= 4 is 0 Å². The molecule has 0 radical (unpaired) electrons. The van der Waals surface area contributed by atoms with E-state index in [-0.39, 0.29) is 6.10 Å². The van der Waals surface area contributed by atoms with E-state index in [1.54, 1.807) is 7.11 Å². The molecule has 1 saturated carbocycles. The fourth-order valence-corrected chi connectivity index (χ4v) is 3.25. The van der Waals surface area contributed by atoms with Crippen LogP contribution in [0.1, 0.15) is 46.5 Å². The Balaban J connectivity index is 2.60. The van der Waals surface area contributed by atoms with E-state index in [2.05, 4.69) is 32.7 Å². The van der Waals surface area contributed by atoms with Crippen LogP contribution in [0.25, 0.3) is 0 Å². The molecule has 0 aromatic heterocycles. The molecule has 1 rings (SSSR count). The largest absolute Gasteiger partial charge is 0.393 e. The summed E-state index contributed by atoms with van der Waals surface area (Å²) in [5.74, 6) is 0.674. The molecule has 18 heavy (non-hydrogen) atoms. The van der Waals surface area contributed by atoms with E-state index < -0.39 is 0 Å². The first-order valence-electron chi connectivity index (χ1n) is 7.23. The molecule has 0 aliphatic heterocycles. The second-order valence-electron chi connectivity index (χ2n) is 6.83. The van der Waals surface area contributed by atoms with Crippen LogP contribution in [0.15, 0.2) is 0 Å². The van der Waals surface area contributed by atoms with Gasteiger partial charge in [0.25, 0.3) is 0 Å². The van der Waals surface area contributed by atoms with E-state index in [0.717, 1.165) is 38.8 Å². The smallest absolute Gasteiger partial charge is 0.0555 e. The Morgan fingerprint density at radius 1 is 1.28 bits per heavy atom. The zero-order valence-electron chi connectivity index (χ0n) is 12.8. The van der Waals surface area contributed by atoms with Gasteiger partial charge < -0.3 is 14.7 Å². The van der Waals surface area contributed by atoms with Gasteiger partial charge in [0, 0.05) is 26.3 Å². The van der Waals surface area contributed by atoms with E-state index >= 15 is 0 Å². The van der Waals surface area contributed by atoms with E-state index in [1.165, 1.54) is 0 Å². The minimum absolute atomic E-state index is 0.113. The normalized spacial score (nSPS) is 29.8.